The van der Waals surface area contributed by atoms with Gasteiger partial charge in [0.2, 0.25) is 5.91 Å². The summed E-state index contributed by atoms with van der Waals surface area (Å²) in [4.78, 5) is 11.7. The zero-order chi connectivity index (χ0) is 13.5. The van der Waals surface area contributed by atoms with E-state index in [1.165, 1.54) is 0 Å². The van der Waals surface area contributed by atoms with Gasteiger partial charge in [0.25, 0.3) is 0 Å². The fourth-order valence-electron chi connectivity index (χ4n) is 1.61. The van der Waals surface area contributed by atoms with Crippen molar-refractivity contribution in [3.63, 3.8) is 0 Å². The van der Waals surface area contributed by atoms with Crippen LogP contribution in [0, 0.1) is 6.92 Å². The SMILES string of the molecule is Cc1cccc(NC(=O)CNC(C)CS(C)=O)c1. The molecule has 0 aromatic heterocycles. The lowest BCUT2D eigenvalue weighted by atomic mass is 10.2. The molecule has 2 unspecified atom stereocenters. The Balaban J connectivity index is 2.36. The maximum absolute atomic E-state index is 11.7. The number of carbonyl (C=O) groups is 1. The van der Waals surface area contributed by atoms with E-state index in [1.807, 2.05) is 38.1 Å². The Kier molecular flexibility index (Phi) is 6.01. The van der Waals surface area contributed by atoms with Crippen molar-refractivity contribution in [3.05, 3.63) is 29.8 Å². The molecule has 0 aliphatic carbocycles. The van der Waals surface area contributed by atoms with E-state index in [0.717, 1.165) is 11.3 Å². The van der Waals surface area contributed by atoms with Crippen molar-refractivity contribution in [2.24, 2.45) is 0 Å². The highest BCUT2D eigenvalue weighted by atomic mass is 32.2. The van der Waals surface area contributed by atoms with Crippen molar-refractivity contribution < 1.29 is 9.00 Å². The summed E-state index contributed by atoms with van der Waals surface area (Å²) in [5.74, 6) is 0.465. The molecule has 0 saturated carbocycles. The maximum Gasteiger partial charge on any atom is 0.238 e. The molecule has 0 aliphatic rings. The van der Waals surface area contributed by atoms with Gasteiger partial charge in [0.15, 0.2) is 0 Å². The largest absolute Gasteiger partial charge is 0.325 e. The molecule has 1 aromatic carbocycles. The third-order valence-electron chi connectivity index (χ3n) is 2.40. The van der Waals surface area contributed by atoms with Gasteiger partial charge in [0.1, 0.15) is 0 Å². The van der Waals surface area contributed by atoms with Crippen LogP contribution in [0.2, 0.25) is 0 Å². The molecule has 0 bridgehead atoms. The Hall–Kier alpha value is -1.20. The second kappa shape index (κ2) is 7.28. The molecule has 2 atom stereocenters. The second-order valence-corrected chi connectivity index (χ2v) is 5.92. The zero-order valence-electron chi connectivity index (χ0n) is 11.0. The van der Waals surface area contributed by atoms with E-state index in [2.05, 4.69) is 10.6 Å². The lowest BCUT2D eigenvalue weighted by Gasteiger charge is -2.12. The van der Waals surface area contributed by atoms with Gasteiger partial charge in [-0.1, -0.05) is 12.1 Å². The second-order valence-electron chi connectivity index (χ2n) is 4.44. The molecule has 0 spiro atoms. The van der Waals surface area contributed by atoms with Crippen LogP contribution in [0.1, 0.15) is 12.5 Å². The summed E-state index contributed by atoms with van der Waals surface area (Å²) in [5.41, 5.74) is 1.91. The highest BCUT2D eigenvalue weighted by Gasteiger charge is 2.07. The summed E-state index contributed by atoms with van der Waals surface area (Å²) in [7, 11) is -0.846. The minimum Gasteiger partial charge on any atom is -0.325 e. The van der Waals surface area contributed by atoms with Gasteiger partial charge in [-0.2, -0.15) is 0 Å². The average Bonchev–Trinajstić information content (AvgIpc) is 2.25. The summed E-state index contributed by atoms with van der Waals surface area (Å²) in [6.07, 6.45) is 1.66. The van der Waals surface area contributed by atoms with E-state index in [1.54, 1.807) is 6.26 Å². The fourth-order valence-corrected chi connectivity index (χ4v) is 2.43. The lowest BCUT2D eigenvalue weighted by Crippen LogP contribution is -2.37. The Morgan fingerprint density at radius 1 is 1.44 bits per heavy atom. The molecule has 0 radical (unpaired) electrons. The van der Waals surface area contributed by atoms with Crippen LogP contribution in [-0.4, -0.2) is 34.7 Å². The molecule has 18 heavy (non-hydrogen) atoms. The molecule has 0 saturated heterocycles. The van der Waals surface area contributed by atoms with Gasteiger partial charge in [-0.15, -0.1) is 0 Å². The molecule has 0 aliphatic heterocycles. The van der Waals surface area contributed by atoms with Gasteiger partial charge in [0, 0.05) is 34.5 Å². The number of hydrogen-bond acceptors (Lipinski definition) is 3. The molecule has 4 nitrogen and oxygen atoms in total. The number of aryl methyl sites for hydroxylation is 1. The number of hydrogen-bond donors (Lipinski definition) is 2. The third-order valence-corrected chi connectivity index (χ3v) is 3.37. The first-order valence-corrected chi connectivity index (χ1v) is 7.60. The molecule has 5 heteroatoms. The van der Waals surface area contributed by atoms with Crippen LogP contribution in [0.3, 0.4) is 0 Å². The minimum absolute atomic E-state index is 0.0686. The number of carbonyl (C=O) groups excluding carboxylic acids is 1. The quantitative estimate of drug-likeness (QED) is 0.817. The molecule has 1 aromatic rings. The predicted molar refractivity (Wildman–Crippen MR) is 76.2 cm³/mol. The molecular formula is C13H20N2O2S. The van der Waals surface area contributed by atoms with Crippen molar-refractivity contribution in [2.75, 3.05) is 23.9 Å². The zero-order valence-corrected chi connectivity index (χ0v) is 11.8. The standard InChI is InChI=1S/C13H20N2O2S/c1-10-5-4-6-12(7-10)15-13(16)8-14-11(2)9-18(3)17/h4-7,11,14H,8-9H2,1-3H3,(H,15,16). The average molecular weight is 268 g/mol. The molecule has 0 heterocycles. The lowest BCUT2D eigenvalue weighted by molar-refractivity contribution is -0.115. The van der Waals surface area contributed by atoms with Crippen molar-refractivity contribution >= 4 is 22.4 Å². The van der Waals surface area contributed by atoms with Crippen molar-refractivity contribution in [3.8, 4) is 0 Å². The van der Waals surface area contributed by atoms with Crippen LogP contribution in [0.4, 0.5) is 5.69 Å². The van der Waals surface area contributed by atoms with Crippen molar-refractivity contribution in [2.45, 2.75) is 19.9 Å². The van der Waals surface area contributed by atoms with E-state index < -0.39 is 10.8 Å². The first-order chi connectivity index (χ1) is 8.47. The van der Waals surface area contributed by atoms with Gasteiger partial charge in [-0.3, -0.25) is 9.00 Å². The van der Waals surface area contributed by atoms with Crippen molar-refractivity contribution in [1.29, 1.82) is 0 Å². The van der Waals surface area contributed by atoms with E-state index in [4.69, 9.17) is 0 Å². The summed E-state index contributed by atoms with van der Waals surface area (Å²) < 4.78 is 11.0. The van der Waals surface area contributed by atoms with Crippen LogP contribution in [0.15, 0.2) is 24.3 Å². The van der Waals surface area contributed by atoms with Gasteiger partial charge < -0.3 is 10.6 Å². The van der Waals surface area contributed by atoms with Crippen LogP contribution in [0.5, 0.6) is 0 Å². The molecular weight excluding hydrogens is 248 g/mol. The Morgan fingerprint density at radius 2 is 2.17 bits per heavy atom. The van der Waals surface area contributed by atoms with E-state index in [9.17, 15) is 9.00 Å². The normalized spacial score (nSPS) is 13.9. The molecule has 100 valence electrons. The van der Waals surface area contributed by atoms with Crippen LogP contribution in [0.25, 0.3) is 0 Å². The molecule has 0 fully saturated rings. The summed E-state index contributed by atoms with van der Waals surface area (Å²) in [5, 5.41) is 5.86. The van der Waals surface area contributed by atoms with Crippen molar-refractivity contribution in [1.82, 2.24) is 5.32 Å². The fraction of sp³-hybridized carbons (Fsp3) is 0.462. The number of rotatable bonds is 6. The van der Waals surface area contributed by atoms with E-state index >= 15 is 0 Å². The van der Waals surface area contributed by atoms with Crippen LogP contribution in [-0.2, 0) is 15.6 Å². The number of nitrogens with one attached hydrogen (secondary N) is 2. The highest BCUT2D eigenvalue weighted by molar-refractivity contribution is 7.84. The first-order valence-electron chi connectivity index (χ1n) is 5.87. The third kappa shape index (κ3) is 5.93. The minimum atomic E-state index is -0.846. The van der Waals surface area contributed by atoms with Gasteiger partial charge in [-0.05, 0) is 31.5 Å². The summed E-state index contributed by atoms with van der Waals surface area (Å²) in [6.45, 7) is 4.13. The topological polar surface area (TPSA) is 58.2 Å². The number of benzene rings is 1. The van der Waals surface area contributed by atoms with Gasteiger partial charge in [0.05, 0.1) is 6.54 Å². The van der Waals surface area contributed by atoms with Gasteiger partial charge in [-0.25, -0.2) is 0 Å². The number of anilines is 1. The van der Waals surface area contributed by atoms with Crippen LogP contribution < -0.4 is 10.6 Å². The number of amides is 1. The molecule has 1 amide bonds. The smallest absolute Gasteiger partial charge is 0.238 e. The summed E-state index contributed by atoms with van der Waals surface area (Å²) in [6, 6.07) is 7.73. The highest BCUT2D eigenvalue weighted by Crippen LogP contribution is 2.08. The van der Waals surface area contributed by atoms with Gasteiger partial charge >= 0.3 is 0 Å². The van der Waals surface area contributed by atoms with E-state index in [-0.39, 0.29) is 18.5 Å². The Labute approximate surface area is 111 Å². The molecule has 1 rings (SSSR count). The monoisotopic (exact) mass is 268 g/mol. The summed E-state index contributed by atoms with van der Waals surface area (Å²) >= 11 is 0. The first kappa shape index (κ1) is 14.9. The predicted octanol–water partition coefficient (Wildman–Crippen LogP) is 1.29. The van der Waals surface area contributed by atoms with E-state index in [0.29, 0.717) is 5.75 Å². The Morgan fingerprint density at radius 3 is 2.78 bits per heavy atom. The van der Waals surface area contributed by atoms with Crippen LogP contribution >= 0.6 is 0 Å². The molecule has 2 N–H and O–H groups in total. The Bertz CT molecular complexity index is 435. The maximum atomic E-state index is 11.7.